The van der Waals surface area contributed by atoms with E-state index in [0.717, 1.165) is 0 Å². The molecule has 0 aliphatic heterocycles. The lowest BCUT2D eigenvalue weighted by molar-refractivity contribution is 0.330. The topological polar surface area (TPSA) is 398 Å². The lowest BCUT2D eigenvalue weighted by Crippen LogP contribution is -1.97. The van der Waals surface area contributed by atoms with E-state index in [2.05, 4.69) is 0 Å². The molecule has 64 heavy (non-hydrogen) atoms. The molecule has 9 aromatic rings. The highest BCUT2D eigenvalue weighted by molar-refractivity contribution is 6.32. The summed E-state index contributed by atoms with van der Waals surface area (Å²) in [5, 5.41) is 208. The Morgan fingerprint density at radius 1 is 0.219 bits per heavy atom. The summed E-state index contributed by atoms with van der Waals surface area (Å²) in [7, 11) is 0. The van der Waals surface area contributed by atoms with Crippen LogP contribution >= 0.6 is 0 Å². The van der Waals surface area contributed by atoms with Gasteiger partial charge >= 0.3 is 0 Å². The van der Waals surface area contributed by atoms with Crippen LogP contribution in [0.15, 0.2) is 59.0 Å². The smallest absolute Gasteiger partial charge is 0.208 e. The number of fused-ring (bicyclic) bond motifs is 5. The molecule has 19 N–H and O–H groups in total. The highest BCUT2D eigenvalue weighted by atomic mass is 16.4. The summed E-state index contributed by atoms with van der Waals surface area (Å²) >= 11 is 0. The molecule has 0 spiro atoms. The van der Waals surface area contributed by atoms with Gasteiger partial charge in [-0.05, 0) is 22.8 Å². The molecular formula is C44H28O20. The van der Waals surface area contributed by atoms with Gasteiger partial charge in [0.25, 0.3) is 0 Å². The molecule has 8 aromatic carbocycles. The van der Waals surface area contributed by atoms with E-state index in [0.29, 0.717) is 11.1 Å². The average molecular weight is 877 g/mol. The van der Waals surface area contributed by atoms with E-state index in [1.807, 2.05) is 0 Å². The van der Waals surface area contributed by atoms with Gasteiger partial charge in [0.15, 0.2) is 68.7 Å². The van der Waals surface area contributed by atoms with E-state index in [1.165, 1.54) is 18.2 Å². The van der Waals surface area contributed by atoms with Gasteiger partial charge in [-0.3, -0.25) is 0 Å². The maximum absolute atomic E-state index is 12.6. The van der Waals surface area contributed by atoms with E-state index in [-0.39, 0.29) is 5.56 Å². The van der Waals surface area contributed by atoms with Gasteiger partial charge in [0.05, 0.1) is 27.5 Å². The Bertz CT molecular complexity index is 3560. The lowest BCUT2D eigenvalue weighted by atomic mass is 9.81. The fourth-order valence-corrected chi connectivity index (χ4v) is 8.18. The number of hydrogen-bond donors (Lipinski definition) is 19. The first kappa shape index (κ1) is 39.7. The normalized spacial score (nSPS) is 11.7. The Morgan fingerprint density at radius 2 is 0.547 bits per heavy atom. The molecule has 0 radical (unpaired) electrons. The molecule has 0 amide bonds. The molecule has 9 rings (SSSR count). The third-order valence-corrected chi connectivity index (χ3v) is 11.1. The molecule has 1 heterocycles. The van der Waals surface area contributed by atoms with Crippen molar-refractivity contribution in [1.29, 1.82) is 0 Å². The molecule has 0 bridgehead atoms. The summed E-state index contributed by atoms with van der Waals surface area (Å²) in [6.45, 7) is 0. The van der Waals surface area contributed by atoms with Crippen LogP contribution in [-0.4, -0.2) is 97.0 Å². The molecule has 0 aliphatic rings. The van der Waals surface area contributed by atoms with Gasteiger partial charge in [0, 0.05) is 32.7 Å². The van der Waals surface area contributed by atoms with E-state index in [1.54, 1.807) is 36.4 Å². The predicted molar refractivity (Wildman–Crippen MR) is 222 cm³/mol. The number of phenolic OH excluding ortho intramolecular Hbond substituents is 19. The lowest BCUT2D eigenvalue weighted by Gasteiger charge is -2.25. The monoisotopic (exact) mass is 876 g/mol. The summed E-state index contributed by atoms with van der Waals surface area (Å²) < 4.78 is 5.53. The maximum Gasteiger partial charge on any atom is 0.208 e. The summed E-state index contributed by atoms with van der Waals surface area (Å²) in [6.07, 6.45) is 0. The second-order valence-corrected chi connectivity index (χ2v) is 14.5. The van der Waals surface area contributed by atoms with E-state index < -0.39 is 181 Å². The van der Waals surface area contributed by atoms with Crippen LogP contribution in [0, 0.1) is 0 Å². The van der Waals surface area contributed by atoms with Crippen LogP contribution in [0.5, 0.6) is 109 Å². The van der Waals surface area contributed by atoms with Crippen molar-refractivity contribution in [1.82, 2.24) is 0 Å². The van der Waals surface area contributed by atoms with Crippen LogP contribution in [0.4, 0.5) is 0 Å². The van der Waals surface area contributed by atoms with Gasteiger partial charge < -0.3 is 101 Å². The SMILES string of the molecule is Oc1c(O)c(O)c(-c2c3c(O)c(O)c(O)c(O)c3c(-c3c(O)c(O)c4c(oc5c(O)c(O)c(O)c(O)c54)c3O)c3c(O)c(-c4cccc(-c5ccccc5)c4)c(O)c(O)c23)c(O)c1O. The van der Waals surface area contributed by atoms with Crippen LogP contribution in [0.3, 0.4) is 0 Å². The Morgan fingerprint density at radius 3 is 1.08 bits per heavy atom. The maximum atomic E-state index is 12.6. The van der Waals surface area contributed by atoms with Gasteiger partial charge in [0.2, 0.25) is 46.0 Å². The second-order valence-electron chi connectivity index (χ2n) is 14.5. The summed E-state index contributed by atoms with van der Waals surface area (Å²) in [4.78, 5) is 0. The number of aromatic hydroxyl groups is 19. The number of furan rings is 1. The third-order valence-electron chi connectivity index (χ3n) is 11.1. The molecule has 0 saturated carbocycles. The highest BCUT2D eigenvalue weighted by Crippen LogP contribution is 2.68. The van der Waals surface area contributed by atoms with Crippen molar-refractivity contribution in [2.24, 2.45) is 0 Å². The molecule has 0 atom stereocenters. The van der Waals surface area contributed by atoms with Gasteiger partial charge in [-0.25, -0.2) is 0 Å². The second kappa shape index (κ2) is 13.1. The summed E-state index contributed by atoms with van der Waals surface area (Å²) in [6, 6.07) is 14.4. The van der Waals surface area contributed by atoms with Crippen molar-refractivity contribution >= 4 is 43.5 Å². The molecule has 20 nitrogen and oxygen atoms in total. The quantitative estimate of drug-likeness (QED) is 0.0482. The van der Waals surface area contributed by atoms with Crippen LogP contribution in [-0.2, 0) is 0 Å². The largest absolute Gasteiger partial charge is 0.506 e. The number of hydrogen-bond acceptors (Lipinski definition) is 20. The standard InChI is InChI=1S/C44H28O20/c45-24-13(12-8-4-7-11(9-12)10-5-2-1-3-6-10)25(46)26(47)17-15(20-30(51)37(58)40(61)38(59)31(20)52)19-18(27(48)35(56)36(57)28(19)49)14(16(17)24)21-29(50)32(53)22-23-33(54)39(60)41(62)42(63)44(23)64-43(22)34(21)55/h1-9,45-63H. The highest BCUT2D eigenvalue weighted by Gasteiger charge is 2.39. The van der Waals surface area contributed by atoms with E-state index >= 15 is 0 Å². The molecular weight excluding hydrogens is 848 g/mol. The molecule has 1 aromatic heterocycles. The first-order valence-corrected chi connectivity index (χ1v) is 18.1. The fourth-order valence-electron chi connectivity index (χ4n) is 8.18. The first-order chi connectivity index (χ1) is 30.2. The third kappa shape index (κ3) is 4.85. The number of benzene rings is 8. The van der Waals surface area contributed by atoms with Crippen LogP contribution < -0.4 is 0 Å². The van der Waals surface area contributed by atoms with Gasteiger partial charge in [-0.2, -0.15) is 0 Å². The van der Waals surface area contributed by atoms with Crippen molar-refractivity contribution in [3.05, 3.63) is 54.6 Å². The van der Waals surface area contributed by atoms with Crippen molar-refractivity contribution in [3.8, 4) is 154 Å². The van der Waals surface area contributed by atoms with Crippen molar-refractivity contribution in [2.45, 2.75) is 0 Å². The Hall–Kier alpha value is -9.72. The van der Waals surface area contributed by atoms with Crippen molar-refractivity contribution < 1.29 is 101 Å². The molecule has 324 valence electrons. The minimum atomic E-state index is -1.58. The van der Waals surface area contributed by atoms with Crippen LogP contribution in [0.25, 0.3) is 88.0 Å². The van der Waals surface area contributed by atoms with Gasteiger partial charge in [-0.15, -0.1) is 0 Å². The average Bonchev–Trinajstić information content (AvgIpc) is 3.70. The fraction of sp³-hybridized carbons (Fsp3) is 0. The van der Waals surface area contributed by atoms with E-state index in [4.69, 9.17) is 4.42 Å². The predicted octanol–water partition coefficient (Wildman–Crippen LogP) is 6.97. The molecule has 0 fully saturated rings. The first-order valence-electron chi connectivity index (χ1n) is 18.1. The van der Waals surface area contributed by atoms with Crippen LogP contribution in [0.1, 0.15) is 0 Å². The van der Waals surface area contributed by atoms with Crippen LogP contribution in [0.2, 0.25) is 0 Å². The molecule has 0 aliphatic carbocycles. The van der Waals surface area contributed by atoms with Gasteiger partial charge in [0.1, 0.15) is 5.75 Å². The zero-order valence-corrected chi connectivity index (χ0v) is 31.6. The van der Waals surface area contributed by atoms with Crippen molar-refractivity contribution in [2.75, 3.05) is 0 Å². The Kier molecular flexibility index (Phi) is 8.16. The Labute approximate surface area is 352 Å². The van der Waals surface area contributed by atoms with Gasteiger partial charge in [-0.1, -0.05) is 48.5 Å². The molecule has 0 saturated heterocycles. The minimum absolute atomic E-state index is 0.0954. The molecule has 0 unspecified atom stereocenters. The van der Waals surface area contributed by atoms with E-state index in [9.17, 15) is 97.0 Å². The molecule has 20 heteroatoms. The zero-order valence-electron chi connectivity index (χ0n) is 31.6. The minimum Gasteiger partial charge on any atom is -0.506 e. The Balaban J connectivity index is 1.61. The number of phenols is 19. The summed E-state index contributed by atoms with van der Waals surface area (Å²) in [5.41, 5.74) is -6.33. The zero-order chi connectivity index (χ0) is 46.3. The summed E-state index contributed by atoms with van der Waals surface area (Å²) in [5.74, 6) is -27.3. The van der Waals surface area contributed by atoms with Crippen molar-refractivity contribution in [3.63, 3.8) is 0 Å². The number of rotatable bonds is 4.